The topological polar surface area (TPSA) is 58.8 Å². The van der Waals surface area contributed by atoms with Crippen LogP contribution in [0.5, 0.6) is 5.88 Å². The fourth-order valence-electron chi connectivity index (χ4n) is 1.22. The smallest absolute Gasteiger partial charge is 0.213 e. The molecular formula is C12H8BrN3O. The van der Waals surface area contributed by atoms with Crippen LogP contribution < -0.4 is 4.74 Å². The molecule has 0 fully saturated rings. The Hall–Kier alpha value is -1.93. The Morgan fingerprint density at radius 2 is 2.18 bits per heavy atom. The lowest BCUT2D eigenvalue weighted by atomic mass is 10.2. The Bertz CT molecular complexity index is 548. The molecule has 0 unspecified atom stereocenters. The van der Waals surface area contributed by atoms with Crippen molar-refractivity contribution in [3.8, 4) is 11.9 Å². The number of rotatable bonds is 3. The quantitative estimate of drug-likeness (QED) is 0.872. The van der Waals surface area contributed by atoms with E-state index in [-0.39, 0.29) is 0 Å². The van der Waals surface area contributed by atoms with Crippen LogP contribution in [0.25, 0.3) is 0 Å². The van der Waals surface area contributed by atoms with Gasteiger partial charge in [-0.1, -0.05) is 0 Å². The number of nitrogens with zero attached hydrogens (tertiary/aromatic N) is 3. The van der Waals surface area contributed by atoms with Crippen molar-refractivity contribution in [3.63, 3.8) is 0 Å². The number of aromatic nitrogens is 2. The molecule has 0 spiro atoms. The van der Waals surface area contributed by atoms with Crippen LogP contribution in [0.4, 0.5) is 0 Å². The standard InChI is InChI=1S/C12H8BrN3O/c13-10-1-2-12(16-7-10)17-8-11-5-9(6-14)3-4-15-11/h1-5,7H,8H2. The predicted molar refractivity (Wildman–Crippen MR) is 65.2 cm³/mol. The van der Waals surface area contributed by atoms with Crippen LogP contribution in [0, 0.1) is 11.3 Å². The molecule has 5 heteroatoms. The Kier molecular flexibility index (Phi) is 3.68. The van der Waals surface area contributed by atoms with Gasteiger partial charge in [-0.2, -0.15) is 5.26 Å². The Morgan fingerprint density at radius 1 is 1.29 bits per heavy atom. The average Bonchev–Trinajstić information content (AvgIpc) is 2.38. The van der Waals surface area contributed by atoms with Gasteiger partial charge >= 0.3 is 0 Å². The van der Waals surface area contributed by atoms with Crippen molar-refractivity contribution in [1.82, 2.24) is 9.97 Å². The van der Waals surface area contributed by atoms with Crippen LogP contribution >= 0.6 is 15.9 Å². The van der Waals surface area contributed by atoms with E-state index in [4.69, 9.17) is 10.00 Å². The number of halogens is 1. The van der Waals surface area contributed by atoms with Gasteiger partial charge < -0.3 is 4.74 Å². The largest absolute Gasteiger partial charge is 0.471 e. The van der Waals surface area contributed by atoms with Gasteiger partial charge in [0.05, 0.1) is 17.3 Å². The molecule has 2 aromatic rings. The van der Waals surface area contributed by atoms with E-state index < -0.39 is 0 Å². The summed E-state index contributed by atoms with van der Waals surface area (Å²) < 4.78 is 6.34. The predicted octanol–water partition coefficient (Wildman–Crippen LogP) is 2.69. The van der Waals surface area contributed by atoms with Crippen molar-refractivity contribution in [2.24, 2.45) is 0 Å². The molecular weight excluding hydrogens is 282 g/mol. The van der Waals surface area contributed by atoms with E-state index in [0.29, 0.717) is 23.7 Å². The van der Waals surface area contributed by atoms with Crippen LogP contribution in [-0.4, -0.2) is 9.97 Å². The van der Waals surface area contributed by atoms with Crippen LogP contribution in [0.15, 0.2) is 41.1 Å². The third-order valence-electron chi connectivity index (χ3n) is 2.01. The number of nitriles is 1. The van der Waals surface area contributed by atoms with Gasteiger partial charge in [0.1, 0.15) is 6.61 Å². The Labute approximate surface area is 107 Å². The minimum atomic E-state index is 0.296. The molecule has 84 valence electrons. The van der Waals surface area contributed by atoms with Crippen LogP contribution in [0.2, 0.25) is 0 Å². The fraction of sp³-hybridized carbons (Fsp3) is 0.0833. The highest BCUT2D eigenvalue weighted by Gasteiger charge is 1.99. The molecule has 17 heavy (non-hydrogen) atoms. The molecule has 0 bridgehead atoms. The summed E-state index contributed by atoms with van der Waals surface area (Å²) in [5, 5.41) is 8.74. The van der Waals surface area contributed by atoms with E-state index >= 15 is 0 Å². The highest BCUT2D eigenvalue weighted by molar-refractivity contribution is 9.10. The molecule has 0 aromatic carbocycles. The monoisotopic (exact) mass is 289 g/mol. The molecule has 0 N–H and O–H groups in total. The maximum Gasteiger partial charge on any atom is 0.213 e. The van der Waals surface area contributed by atoms with Gasteiger partial charge in [-0.3, -0.25) is 4.98 Å². The highest BCUT2D eigenvalue weighted by atomic mass is 79.9. The first-order valence-electron chi connectivity index (χ1n) is 4.87. The number of hydrogen-bond acceptors (Lipinski definition) is 4. The van der Waals surface area contributed by atoms with Crippen molar-refractivity contribution >= 4 is 15.9 Å². The van der Waals surface area contributed by atoms with E-state index in [0.717, 1.165) is 4.47 Å². The summed E-state index contributed by atoms with van der Waals surface area (Å²) in [7, 11) is 0. The maximum atomic E-state index is 8.74. The molecule has 0 atom stereocenters. The van der Waals surface area contributed by atoms with E-state index in [1.807, 2.05) is 6.07 Å². The molecule has 2 heterocycles. The summed E-state index contributed by atoms with van der Waals surface area (Å²) in [4.78, 5) is 8.18. The van der Waals surface area contributed by atoms with E-state index in [1.54, 1.807) is 30.6 Å². The van der Waals surface area contributed by atoms with Crippen molar-refractivity contribution in [3.05, 3.63) is 52.4 Å². The third kappa shape index (κ3) is 3.26. The van der Waals surface area contributed by atoms with Crippen LogP contribution in [0.3, 0.4) is 0 Å². The molecule has 0 aliphatic heterocycles. The Balaban J connectivity index is 2.02. The van der Waals surface area contributed by atoms with Gasteiger partial charge in [0.2, 0.25) is 5.88 Å². The van der Waals surface area contributed by atoms with Gasteiger partial charge in [0.15, 0.2) is 0 Å². The second-order valence-corrected chi connectivity index (χ2v) is 4.17. The first-order chi connectivity index (χ1) is 8.28. The molecule has 2 aromatic heterocycles. The molecule has 4 nitrogen and oxygen atoms in total. The van der Waals surface area contributed by atoms with Crippen molar-refractivity contribution in [1.29, 1.82) is 5.26 Å². The second-order valence-electron chi connectivity index (χ2n) is 3.25. The van der Waals surface area contributed by atoms with Gasteiger partial charge in [-0.25, -0.2) is 4.98 Å². The molecule has 0 saturated heterocycles. The van der Waals surface area contributed by atoms with Crippen molar-refractivity contribution < 1.29 is 4.74 Å². The Morgan fingerprint density at radius 3 is 2.88 bits per heavy atom. The van der Waals surface area contributed by atoms with Gasteiger partial charge in [-0.05, 0) is 34.1 Å². The molecule has 0 aliphatic rings. The number of ether oxygens (including phenoxy) is 1. The van der Waals surface area contributed by atoms with Crippen LogP contribution in [-0.2, 0) is 6.61 Å². The maximum absolute atomic E-state index is 8.74. The molecule has 0 saturated carbocycles. The summed E-state index contributed by atoms with van der Waals surface area (Å²) >= 11 is 3.29. The SMILES string of the molecule is N#Cc1ccnc(COc2ccc(Br)cn2)c1. The highest BCUT2D eigenvalue weighted by Crippen LogP contribution is 2.13. The zero-order chi connectivity index (χ0) is 12.1. The lowest BCUT2D eigenvalue weighted by molar-refractivity contribution is 0.289. The first-order valence-corrected chi connectivity index (χ1v) is 5.66. The lowest BCUT2D eigenvalue weighted by Crippen LogP contribution is -1.99. The summed E-state index contributed by atoms with van der Waals surface area (Å²) in [6.07, 6.45) is 3.25. The third-order valence-corrected chi connectivity index (χ3v) is 2.48. The van der Waals surface area contributed by atoms with Crippen LogP contribution in [0.1, 0.15) is 11.3 Å². The van der Waals surface area contributed by atoms with Crippen molar-refractivity contribution in [2.75, 3.05) is 0 Å². The van der Waals surface area contributed by atoms with Crippen molar-refractivity contribution in [2.45, 2.75) is 6.61 Å². The van der Waals surface area contributed by atoms with Gasteiger partial charge in [-0.15, -0.1) is 0 Å². The van der Waals surface area contributed by atoms with Gasteiger partial charge in [0, 0.05) is 22.9 Å². The number of pyridine rings is 2. The molecule has 2 rings (SSSR count). The summed E-state index contributed by atoms with van der Waals surface area (Å²) in [5.41, 5.74) is 1.27. The minimum absolute atomic E-state index is 0.296. The van der Waals surface area contributed by atoms with Gasteiger partial charge in [0.25, 0.3) is 0 Å². The van der Waals surface area contributed by atoms with E-state index in [9.17, 15) is 0 Å². The summed E-state index contributed by atoms with van der Waals surface area (Å²) in [5.74, 6) is 0.525. The van der Waals surface area contributed by atoms with E-state index in [2.05, 4.69) is 32.0 Å². The summed E-state index contributed by atoms with van der Waals surface area (Å²) in [6, 6.07) is 9.01. The zero-order valence-electron chi connectivity index (χ0n) is 8.80. The fourth-order valence-corrected chi connectivity index (χ4v) is 1.46. The molecule has 0 radical (unpaired) electrons. The normalized spacial score (nSPS) is 9.65. The zero-order valence-corrected chi connectivity index (χ0v) is 10.4. The molecule has 0 aliphatic carbocycles. The van der Waals surface area contributed by atoms with E-state index in [1.165, 1.54) is 0 Å². The molecule has 0 amide bonds. The lowest BCUT2D eigenvalue weighted by Gasteiger charge is -2.04. The average molecular weight is 290 g/mol. The summed E-state index contributed by atoms with van der Waals surface area (Å²) in [6.45, 7) is 0.296. The number of hydrogen-bond donors (Lipinski definition) is 0. The second kappa shape index (κ2) is 5.41. The minimum Gasteiger partial charge on any atom is -0.471 e. The first kappa shape index (κ1) is 11.6.